The number of carbonyl (C=O) groups excluding carboxylic acids is 2. The van der Waals surface area contributed by atoms with E-state index in [0.29, 0.717) is 24.8 Å². The van der Waals surface area contributed by atoms with Crippen LogP contribution in [0.1, 0.15) is 25.3 Å². The summed E-state index contributed by atoms with van der Waals surface area (Å²) >= 11 is 0. The molecule has 1 fully saturated rings. The molecule has 5 rings (SSSR count). The number of hydrogen-bond acceptors (Lipinski definition) is 4. The van der Waals surface area contributed by atoms with Gasteiger partial charge in [-0.15, -0.1) is 0 Å². The molecular weight excluding hydrogens is 387 g/mol. The topological polar surface area (TPSA) is 76.5 Å². The molecule has 0 saturated carbocycles. The lowest BCUT2D eigenvalue weighted by Crippen LogP contribution is -2.37. The van der Waals surface area contributed by atoms with Gasteiger partial charge in [0.25, 0.3) is 5.91 Å². The number of nitrogens with zero attached hydrogens (tertiary/aromatic N) is 3. The Labute approximate surface area is 172 Å². The van der Waals surface area contributed by atoms with Gasteiger partial charge < -0.3 is 10.1 Å². The molecule has 0 radical (unpaired) electrons. The summed E-state index contributed by atoms with van der Waals surface area (Å²) in [5, 5.41) is 2.74. The summed E-state index contributed by atoms with van der Waals surface area (Å²) in [6, 6.07) is 12.4. The first-order valence-electron chi connectivity index (χ1n) is 10.1. The highest BCUT2D eigenvalue weighted by Gasteiger charge is 2.42. The molecular formula is C22H21FN4O3. The maximum absolute atomic E-state index is 13.3. The number of halogens is 1. The van der Waals surface area contributed by atoms with Crippen molar-refractivity contribution in [3.05, 3.63) is 54.3 Å². The van der Waals surface area contributed by atoms with Crippen molar-refractivity contribution in [2.75, 3.05) is 23.4 Å². The number of anilines is 2. The third kappa shape index (κ3) is 3.33. The Morgan fingerprint density at radius 3 is 2.77 bits per heavy atom. The highest BCUT2D eigenvalue weighted by Crippen LogP contribution is 2.37. The van der Waals surface area contributed by atoms with Crippen LogP contribution in [0.25, 0.3) is 11.0 Å². The molecule has 30 heavy (non-hydrogen) atoms. The monoisotopic (exact) mass is 408 g/mol. The predicted octanol–water partition coefficient (Wildman–Crippen LogP) is 3.27. The van der Waals surface area contributed by atoms with Gasteiger partial charge in [0.2, 0.25) is 11.9 Å². The summed E-state index contributed by atoms with van der Waals surface area (Å²) in [4.78, 5) is 32.3. The number of nitrogens with one attached hydrogen (secondary N) is 1. The Balaban J connectivity index is 1.43. The van der Waals surface area contributed by atoms with Crippen LogP contribution < -0.4 is 10.2 Å². The lowest BCUT2D eigenvalue weighted by Gasteiger charge is -2.19. The molecule has 8 heteroatoms. The first kappa shape index (κ1) is 18.7. The van der Waals surface area contributed by atoms with Crippen LogP contribution in [0.2, 0.25) is 0 Å². The van der Waals surface area contributed by atoms with E-state index in [9.17, 15) is 14.0 Å². The van der Waals surface area contributed by atoms with E-state index in [-0.39, 0.29) is 30.2 Å². The van der Waals surface area contributed by atoms with Gasteiger partial charge in [-0.05, 0) is 49.2 Å². The van der Waals surface area contributed by atoms with Crippen molar-refractivity contribution in [1.82, 2.24) is 9.55 Å². The van der Waals surface area contributed by atoms with Crippen molar-refractivity contribution >= 4 is 34.5 Å². The second kappa shape index (κ2) is 7.53. The molecule has 2 aliphatic heterocycles. The van der Waals surface area contributed by atoms with Gasteiger partial charge in [0.15, 0.2) is 0 Å². The minimum atomic E-state index is -0.686. The highest BCUT2D eigenvalue weighted by molar-refractivity contribution is 6.05. The summed E-state index contributed by atoms with van der Waals surface area (Å²) in [5.41, 5.74) is 2.08. The number of amides is 2. The summed E-state index contributed by atoms with van der Waals surface area (Å²) in [7, 11) is 0. The summed E-state index contributed by atoms with van der Waals surface area (Å²) in [5.74, 6) is -0.301. The zero-order chi connectivity index (χ0) is 20.7. The second-order valence-electron chi connectivity index (χ2n) is 7.63. The van der Waals surface area contributed by atoms with Crippen LogP contribution in [0.5, 0.6) is 0 Å². The molecule has 1 N–H and O–H groups in total. The molecule has 3 aromatic rings. The summed E-state index contributed by atoms with van der Waals surface area (Å²) < 4.78 is 20.7. The Bertz CT molecular complexity index is 1110. The van der Waals surface area contributed by atoms with Gasteiger partial charge in [-0.2, -0.15) is 0 Å². The van der Waals surface area contributed by atoms with Crippen molar-refractivity contribution in [1.29, 1.82) is 0 Å². The SMILES string of the molecule is O=C(C[C@@H]1C(=O)N(C[C@H]2CCCO2)c2nc3ccccc3n21)Nc1ccc(F)cc1. The van der Waals surface area contributed by atoms with Gasteiger partial charge in [-0.1, -0.05) is 12.1 Å². The smallest absolute Gasteiger partial charge is 0.253 e. The quantitative estimate of drug-likeness (QED) is 0.703. The van der Waals surface area contributed by atoms with Crippen LogP contribution in [0.4, 0.5) is 16.0 Å². The van der Waals surface area contributed by atoms with Gasteiger partial charge in [0.05, 0.1) is 30.1 Å². The van der Waals surface area contributed by atoms with Gasteiger partial charge in [0, 0.05) is 12.3 Å². The molecule has 7 nitrogen and oxygen atoms in total. The van der Waals surface area contributed by atoms with E-state index in [1.54, 1.807) is 4.90 Å². The number of ether oxygens (including phenoxy) is 1. The van der Waals surface area contributed by atoms with Gasteiger partial charge in [-0.25, -0.2) is 9.37 Å². The first-order chi connectivity index (χ1) is 14.6. The maximum Gasteiger partial charge on any atom is 0.253 e. The number of rotatable bonds is 5. The maximum atomic E-state index is 13.3. The lowest BCUT2D eigenvalue weighted by molar-refractivity contribution is -0.124. The number of imidazole rings is 1. The standard InChI is InChI=1S/C22H21FN4O3/c23-14-7-9-15(10-8-14)24-20(28)12-19-21(29)26(13-16-4-3-11-30-16)22-25-17-5-1-2-6-18(17)27(19)22/h1-2,5-10,16,19H,3-4,11-13H2,(H,24,28)/t16-,19-/m1/s1. The molecule has 1 aromatic heterocycles. The van der Waals surface area contributed by atoms with Gasteiger partial charge in [-0.3, -0.25) is 19.1 Å². The Hall–Kier alpha value is -3.26. The van der Waals surface area contributed by atoms with Crippen molar-refractivity contribution in [2.24, 2.45) is 0 Å². The molecule has 2 aliphatic rings. The number of fused-ring (bicyclic) bond motifs is 3. The molecule has 2 atom stereocenters. The number of carbonyl (C=O) groups is 2. The normalized spacial score (nSPS) is 20.7. The van der Waals surface area contributed by atoms with Crippen molar-refractivity contribution < 1.29 is 18.7 Å². The Morgan fingerprint density at radius 2 is 2.00 bits per heavy atom. The van der Waals surface area contributed by atoms with E-state index in [0.717, 1.165) is 23.9 Å². The fourth-order valence-electron chi connectivity index (χ4n) is 4.18. The summed E-state index contributed by atoms with van der Waals surface area (Å²) in [6.07, 6.45) is 1.83. The van der Waals surface area contributed by atoms with Crippen molar-refractivity contribution in [3.63, 3.8) is 0 Å². The van der Waals surface area contributed by atoms with Crippen LogP contribution in [-0.4, -0.2) is 40.6 Å². The Kier molecular flexibility index (Phi) is 4.71. The number of para-hydroxylation sites is 2. The average molecular weight is 408 g/mol. The summed E-state index contributed by atoms with van der Waals surface area (Å²) in [6.45, 7) is 1.13. The molecule has 0 aliphatic carbocycles. The van der Waals surface area contributed by atoms with Crippen LogP contribution in [0.3, 0.4) is 0 Å². The lowest BCUT2D eigenvalue weighted by atomic mass is 10.1. The van der Waals surface area contributed by atoms with E-state index in [2.05, 4.69) is 10.3 Å². The molecule has 3 heterocycles. The predicted molar refractivity (Wildman–Crippen MR) is 110 cm³/mol. The van der Waals surface area contributed by atoms with E-state index in [1.807, 2.05) is 28.8 Å². The van der Waals surface area contributed by atoms with Crippen LogP contribution in [0.15, 0.2) is 48.5 Å². The fraction of sp³-hybridized carbons (Fsp3) is 0.318. The van der Waals surface area contributed by atoms with E-state index in [1.165, 1.54) is 24.3 Å². The third-order valence-electron chi connectivity index (χ3n) is 5.60. The number of hydrogen-bond donors (Lipinski definition) is 1. The van der Waals surface area contributed by atoms with E-state index >= 15 is 0 Å². The second-order valence-corrected chi connectivity index (χ2v) is 7.63. The molecule has 0 bridgehead atoms. The molecule has 1 saturated heterocycles. The molecule has 154 valence electrons. The van der Waals surface area contributed by atoms with Gasteiger partial charge in [0.1, 0.15) is 11.9 Å². The minimum absolute atomic E-state index is 0.0194. The number of benzene rings is 2. The zero-order valence-corrected chi connectivity index (χ0v) is 16.3. The van der Waals surface area contributed by atoms with E-state index < -0.39 is 6.04 Å². The number of aromatic nitrogens is 2. The minimum Gasteiger partial charge on any atom is -0.376 e. The van der Waals surface area contributed by atoms with Crippen molar-refractivity contribution in [3.8, 4) is 0 Å². The molecule has 0 spiro atoms. The van der Waals surface area contributed by atoms with Crippen molar-refractivity contribution in [2.45, 2.75) is 31.4 Å². The molecule has 2 amide bonds. The first-order valence-corrected chi connectivity index (χ1v) is 10.1. The Morgan fingerprint density at radius 1 is 1.20 bits per heavy atom. The van der Waals surface area contributed by atoms with Crippen LogP contribution >= 0.6 is 0 Å². The van der Waals surface area contributed by atoms with E-state index in [4.69, 9.17) is 4.74 Å². The van der Waals surface area contributed by atoms with Crippen LogP contribution in [-0.2, 0) is 14.3 Å². The third-order valence-corrected chi connectivity index (χ3v) is 5.60. The fourth-order valence-corrected chi connectivity index (χ4v) is 4.18. The van der Waals surface area contributed by atoms with Crippen LogP contribution in [0, 0.1) is 5.82 Å². The molecule has 0 unspecified atom stereocenters. The largest absolute Gasteiger partial charge is 0.376 e. The van der Waals surface area contributed by atoms with Gasteiger partial charge >= 0.3 is 0 Å². The zero-order valence-electron chi connectivity index (χ0n) is 16.3. The highest BCUT2D eigenvalue weighted by atomic mass is 19.1. The average Bonchev–Trinajstić information content (AvgIpc) is 3.44. The molecule has 2 aromatic carbocycles.